The van der Waals surface area contributed by atoms with Crippen LogP contribution in [-0.2, 0) is 4.79 Å². The van der Waals surface area contributed by atoms with E-state index in [1.165, 1.54) is 0 Å². The Morgan fingerprint density at radius 2 is 1.79 bits per heavy atom. The number of carbonyl (C=O) groups is 1. The first-order valence-corrected chi connectivity index (χ1v) is 9.37. The molecule has 1 fully saturated rings. The Morgan fingerprint density at radius 1 is 1.00 bits per heavy atom. The lowest BCUT2D eigenvalue weighted by atomic mass is 10.1. The van der Waals surface area contributed by atoms with Crippen LogP contribution in [0.1, 0.15) is 0 Å². The number of piperazine rings is 1. The van der Waals surface area contributed by atoms with Crippen molar-refractivity contribution in [3.05, 3.63) is 54.9 Å². The fourth-order valence-corrected chi connectivity index (χ4v) is 3.42. The summed E-state index contributed by atoms with van der Waals surface area (Å²) in [6, 6.07) is 12.9. The molecule has 0 radical (unpaired) electrons. The van der Waals surface area contributed by atoms with E-state index in [9.17, 15) is 9.90 Å². The summed E-state index contributed by atoms with van der Waals surface area (Å²) in [5.74, 6) is 0.233. The SMILES string of the molecule is O=C(O)CN1CCN(c2ccc(-c3cnnc(-c4ccccc4O)c3)cn2)CC1. The number of carboxylic acids is 1. The number of aliphatic carboxylic acids is 1. The number of aromatic hydroxyl groups is 1. The zero-order chi connectivity index (χ0) is 20.2. The smallest absolute Gasteiger partial charge is 0.317 e. The number of nitrogens with zero attached hydrogens (tertiary/aromatic N) is 5. The Bertz CT molecular complexity index is 1000. The highest BCUT2D eigenvalue weighted by atomic mass is 16.4. The summed E-state index contributed by atoms with van der Waals surface area (Å²) in [7, 11) is 0. The van der Waals surface area contributed by atoms with Gasteiger partial charge in [0.2, 0.25) is 0 Å². The Kier molecular flexibility index (Phi) is 5.35. The van der Waals surface area contributed by atoms with E-state index in [1.807, 2.05) is 29.2 Å². The van der Waals surface area contributed by atoms with Gasteiger partial charge in [0.25, 0.3) is 0 Å². The first-order chi connectivity index (χ1) is 14.1. The van der Waals surface area contributed by atoms with Crippen LogP contribution in [0.4, 0.5) is 5.82 Å². The lowest BCUT2D eigenvalue weighted by molar-refractivity contribution is -0.138. The van der Waals surface area contributed by atoms with Gasteiger partial charge in [0.15, 0.2) is 0 Å². The zero-order valence-corrected chi connectivity index (χ0v) is 15.8. The number of carboxylic acid groups (broad SMARTS) is 1. The van der Waals surface area contributed by atoms with Crippen molar-refractivity contribution in [3.63, 3.8) is 0 Å². The van der Waals surface area contributed by atoms with Gasteiger partial charge in [-0.15, -0.1) is 0 Å². The number of hydrogen-bond donors (Lipinski definition) is 2. The lowest BCUT2D eigenvalue weighted by Gasteiger charge is -2.34. The third-order valence-corrected chi connectivity index (χ3v) is 4.97. The van der Waals surface area contributed by atoms with Crippen LogP contribution in [0.5, 0.6) is 5.75 Å². The number of para-hydroxylation sites is 1. The van der Waals surface area contributed by atoms with Crippen molar-refractivity contribution in [1.29, 1.82) is 0 Å². The van der Waals surface area contributed by atoms with Gasteiger partial charge in [-0.2, -0.15) is 10.2 Å². The molecule has 8 nitrogen and oxygen atoms in total. The number of anilines is 1. The second kappa shape index (κ2) is 8.24. The van der Waals surface area contributed by atoms with Gasteiger partial charge >= 0.3 is 5.97 Å². The van der Waals surface area contributed by atoms with Gasteiger partial charge in [-0.05, 0) is 30.3 Å². The van der Waals surface area contributed by atoms with E-state index >= 15 is 0 Å². The van der Waals surface area contributed by atoms with E-state index in [2.05, 4.69) is 20.1 Å². The summed E-state index contributed by atoms with van der Waals surface area (Å²) < 4.78 is 0. The maximum Gasteiger partial charge on any atom is 0.317 e. The van der Waals surface area contributed by atoms with Crippen molar-refractivity contribution in [2.24, 2.45) is 0 Å². The second-order valence-electron chi connectivity index (χ2n) is 6.91. The van der Waals surface area contributed by atoms with Crippen LogP contribution in [0.3, 0.4) is 0 Å². The number of rotatable bonds is 5. The summed E-state index contributed by atoms with van der Waals surface area (Å²) in [5, 5.41) is 27.2. The normalized spacial score (nSPS) is 14.7. The van der Waals surface area contributed by atoms with Crippen LogP contribution in [-0.4, -0.2) is 69.0 Å². The highest BCUT2D eigenvalue weighted by molar-refractivity contribution is 5.72. The minimum atomic E-state index is -0.796. The molecular formula is C21H21N5O3. The predicted octanol–water partition coefficient (Wildman–Crippen LogP) is 2.12. The molecule has 1 aliphatic rings. The average molecular weight is 391 g/mol. The topological polar surface area (TPSA) is 103 Å². The maximum absolute atomic E-state index is 10.8. The number of phenols is 1. The van der Waals surface area contributed by atoms with Crippen LogP contribution >= 0.6 is 0 Å². The minimum absolute atomic E-state index is 0.0779. The van der Waals surface area contributed by atoms with Gasteiger partial charge in [0.1, 0.15) is 11.6 Å². The van der Waals surface area contributed by atoms with Crippen LogP contribution in [0.15, 0.2) is 54.9 Å². The monoisotopic (exact) mass is 391 g/mol. The summed E-state index contributed by atoms with van der Waals surface area (Å²) in [4.78, 5) is 19.5. The fourth-order valence-electron chi connectivity index (χ4n) is 3.42. The molecule has 4 rings (SSSR count). The molecule has 0 bridgehead atoms. The zero-order valence-electron chi connectivity index (χ0n) is 15.8. The molecule has 2 N–H and O–H groups in total. The molecule has 148 valence electrons. The van der Waals surface area contributed by atoms with Crippen LogP contribution in [0.2, 0.25) is 0 Å². The molecule has 0 atom stereocenters. The van der Waals surface area contributed by atoms with Crippen molar-refractivity contribution < 1.29 is 15.0 Å². The predicted molar refractivity (Wildman–Crippen MR) is 109 cm³/mol. The fraction of sp³-hybridized carbons (Fsp3) is 0.238. The van der Waals surface area contributed by atoms with Gasteiger partial charge < -0.3 is 15.1 Å². The van der Waals surface area contributed by atoms with E-state index in [-0.39, 0.29) is 12.3 Å². The van der Waals surface area contributed by atoms with Gasteiger partial charge in [0.05, 0.1) is 18.4 Å². The highest BCUT2D eigenvalue weighted by Gasteiger charge is 2.19. The summed E-state index contributed by atoms with van der Waals surface area (Å²) >= 11 is 0. The Morgan fingerprint density at radius 3 is 2.48 bits per heavy atom. The summed E-state index contributed by atoms with van der Waals surface area (Å²) in [5.41, 5.74) is 3.00. The molecule has 3 heterocycles. The Labute approximate surface area is 168 Å². The molecule has 1 aromatic carbocycles. The standard InChI is InChI=1S/C21H21N5O3/c27-19-4-2-1-3-17(19)18-11-16(13-23-24-18)15-5-6-20(22-12-15)26-9-7-25(8-10-26)14-21(28)29/h1-6,11-13,27H,7-10,14H2,(H,28,29). The van der Waals surface area contributed by atoms with Gasteiger partial charge in [-0.1, -0.05) is 12.1 Å². The minimum Gasteiger partial charge on any atom is -0.507 e. The molecule has 0 amide bonds. The highest BCUT2D eigenvalue weighted by Crippen LogP contribution is 2.29. The molecule has 0 aliphatic carbocycles. The molecule has 0 saturated carbocycles. The molecule has 2 aromatic heterocycles. The largest absolute Gasteiger partial charge is 0.507 e. The number of phenolic OH excluding ortho intramolecular Hbond substituents is 1. The first kappa shape index (κ1) is 18.8. The molecule has 0 spiro atoms. The molecule has 3 aromatic rings. The first-order valence-electron chi connectivity index (χ1n) is 9.37. The third kappa shape index (κ3) is 4.33. The van der Waals surface area contributed by atoms with Crippen molar-refractivity contribution in [3.8, 4) is 28.1 Å². The van der Waals surface area contributed by atoms with Gasteiger partial charge in [0, 0.05) is 49.1 Å². The maximum atomic E-state index is 10.8. The third-order valence-electron chi connectivity index (χ3n) is 4.97. The molecule has 1 aliphatic heterocycles. The molecule has 0 unspecified atom stereocenters. The number of pyridine rings is 1. The summed E-state index contributed by atoms with van der Waals surface area (Å²) in [6.45, 7) is 2.97. The van der Waals surface area contributed by atoms with Crippen molar-refractivity contribution >= 4 is 11.8 Å². The number of hydrogen-bond acceptors (Lipinski definition) is 7. The Balaban J connectivity index is 1.48. The summed E-state index contributed by atoms with van der Waals surface area (Å²) in [6.07, 6.45) is 3.47. The van der Waals surface area contributed by atoms with E-state index in [4.69, 9.17) is 5.11 Å². The van der Waals surface area contributed by atoms with Gasteiger partial charge in [-0.3, -0.25) is 9.69 Å². The van der Waals surface area contributed by atoms with Crippen molar-refractivity contribution in [2.45, 2.75) is 0 Å². The van der Waals surface area contributed by atoms with Crippen LogP contribution in [0.25, 0.3) is 22.4 Å². The van der Waals surface area contributed by atoms with Crippen LogP contribution in [0, 0.1) is 0 Å². The lowest BCUT2D eigenvalue weighted by Crippen LogP contribution is -2.48. The average Bonchev–Trinajstić information content (AvgIpc) is 2.74. The van der Waals surface area contributed by atoms with Gasteiger partial charge in [-0.25, -0.2) is 4.98 Å². The van der Waals surface area contributed by atoms with E-state index < -0.39 is 5.97 Å². The quantitative estimate of drug-likeness (QED) is 0.682. The van der Waals surface area contributed by atoms with E-state index in [0.717, 1.165) is 30.0 Å². The second-order valence-corrected chi connectivity index (χ2v) is 6.91. The molecule has 29 heavy (non-hydrogen) atoms. The Hall–Kier alpha value is -3.52. The van der Waals surface area contributed by atoms with Crippen molar-refractivity contribution in [1.82, 2.24) is 20.1 Å². The van der Waals surface area contributed by atoms with Crippen molar-refractivity contribution in [2.75, 3.05) is 37.6 Å². The molecule has 1 saturated heterocycles. The number of aromatic nitrogens is 3. The molecular weight excluding hydrogens is 370 g/mol. The number of benzene rings is 1. The van der Waals surface area contributed by atoms with Crippen LogP contribution < -0.4 is 4.90 Å². The molecule has 8 heteroatoms. The van der Waals surface area contributed by atoms with E-state index in [1.54, 1.807) is 30.6 Å². The van der Waals surface area contributed by atoms with E-state index in [0.29, 0.717) is 24.3 Å².